The summed E-state index contributed by atoms with van der Waals surface area (Å²) in [6.45, 7) is 4.59. The lowest BCUT2D eigenvalue weighted by atomic mass is 9.99. The van der Waals surface area contributed by atoms with Crippen LogP contribution in [0.4, 0.5) is 0 Å². The van der Waals surface area contributed by atoms with Crippen LogP contribution in [-0.4, -0.2) is 38.5 Å². The summed E-state index contributed by atoms with van der Waals surface area (Å²) >= 11 is 5.92. The molecule has 1 unspecified atom stereocenters. The normalized spacial score (nSPS) is 22.8. The van der Waals surface area contributed by atoms with E-state index in [2.05, 4.69) is 0 Å². The summed E-state index contributed by atoms with van der Waals surface area (Å²) in [5.74, 6) is -1.23. The molecule has 1 aliphatic heterocycles. The standard InChI is InChI=1S/C13H17ClN2O3/c1-3-15-8-9(14)7-10(15)11(17)16-6-4-5-13(16,2)12(18)19/h7-8H,3-6H2,1-2H3,(H,18,19). The lowest BCUT2D eigenvalue weighted by molar-refractivity contribution is -0.147. The van der Waals surface area contributed by atoms with Crippen LogP contribution < -0.4 is 0 Å². The van der Waals surface area contributed by atoms with Crippen LogP contribution in [-0.2, 0) is 11.3 Å². The van der Waals surface area contributed by atoms with Crippen molar-refractivity contribution in [1.29, 1.82) is 0 Å². The fraction of sp³-hybridized carbons (Fsp3) is 0.538. The summed E-state index contributed by atoms with van der Waals surface area (Å²) in [6.07, 6.45) is 2.87. The van der Waals surface area contributed by atoms with Crippen molar-refractivity contribution < 1.29 is 14.7 Å². The molecule has 5 nitrogen and oxygen atoms in total. The number of carboxylic acid groups (broad SMARTS) is 1. The first kappa shape index (κ1) is 13.9. The van der Waals surface area contributed by atoms with Crippen LogP contribution in [0.5, 0.6) is 0 Å². The fourth-order valence-electron chi connectivity index (χ4n) is 2.56. The summed E-state index contributed by atoms with van der Waals surface area (Å²) in [5, 5.41) is 9.83. The Bertz CT molecular complexity index is 526. The molecule has 0 bridgehead atoms. The number of hydrogen-bond donors (Lipinski definition) is 1. The molecule has 1 fully saturated rings. The minimum Gasteiger partial charge on any atom is -0.480 e. The van der Waals surface area contributed by atoms with Crippen molar-refractivity contribution in [3.63, 3.8) is 0 Å². The summed E-state index contributed by atoms with van der Waals surface area (Å²) < 4.78 is 1.74. The van der Waals surface area contributed by atoms with Gasteiger partial charge in [0.2, 0.25) is 0 Å². The molecule has 0 aromatic carbocycles. The van der Waals surface area contributed by atoms with E-state index in [1.807, 2.05) is 6.92 Å². The Labute approximate surface area is 116 Å². The number of aliphatic carboxylic acids is 1. The van der Waals surface area contributed by atoms with Crippen LogP contribution in [0.1, 0.15) is 37.2 Å². The van der Waals surface area contributed by atoms with Gasteiger partial charge in [-0.05, 0) is 32.8 Å². The van der Waals surface area contributed by atoms with Crippen molar-refractivity contribution in [2.24, 2.45) is 0 Å². The number of likely N-dealkylation sites (tertiary alicyclic amines) is 1. The summed E-state index contributed by atoms with van der Waals surface area (Å²) in [4.78, 5) is 25.4. The van der Waals surface area contributed by atoms with Crippen molar-refractivity contribution >= 4 is 23.5 Å². The number of carboxylic acids is 1. The number of rotatable bonds is 3. The number of aryl methyl sites for hydroxylation is 1. The van der Waals surface area contributed by atoms with Gasteiger partial charge >= 0.3 is 5.97 Å². The summed E-state index contributed by atoms with van der Waals surface area (Å²) in [5.41, 5.74) is -0.672. The molecule has 0 radical (unpaired) electrons. The number of nitrogens with zero attached hydrogens (tertiary/aromatic N) is 2. The Balaban J connectivity index is 2.36. The zero-order valence-corrected chi connectivity index (χ0v) is 11.8. The molecule has 1 aromatic heterocycles. The second-order valence-electron chi connectivity index (χ2n) is 4.97. The summed E-state index contributed by atoms with van der Waals surface area (Å²) in [6, 6.07) is 1.59. The number of halogens is 1. The summed E-state index contributed by atoms with van der Waals surface area (Å²) in [7, 11) is 0. The van der Waals surface area contributed by atoms with Crippen LogP contribution in [0.25, 0.3) is 0 Å². The maximum absolute atomic E-state index is 12.5. The van der Waals surface area contributed by atoms with Crippen LogP contribution in [0, 0.1) is 0 Å². The number of amides is 1. The highest BCUT2D eigenvalue weighted by molar-refractivity contribution is 6.31. The quantitative estimate of drug-likeness (QED) is 0.926. The Morgan fingerprint density at radius 2 is 2.21 bits per heavy atom. The molecule has 2 rings (SSSR count). The van der Waals surface area contributed by atoms with Gasteiger partial charge in [0, 0.05) is 19.3 Å². The van der Waals surface area contributed by atoms with E-state index in [1.165, 1.54) is 4.90 Å². The fourth-order valence-corrected chi connectivity index (χ4v) is 2.79. The van der Waals surface area contributed by atoms with E-state index in [1.54, 1.807) is 23.8 Å². The van der Waals surface area contributed by atoms with Gasteiger partial charge in [0.25, 0.3) is 5.91 Å². The first-order valence-electron chi connectivity index (χ1n) is 6.31. The van der Waals surface area contributed by atoms with Gasteiger partial charge < -0.3 is 14.6 Å². The molecule has 0 saturated carbocycles. The Kier molecular flexibility index (Phi) is 3.58. The maximum Gasteiger partial charge on any atom is 0.329 e. The van der Waals surface area contributed by atoms with E-state index in [0.717, 1.165) is 0 Å². The molecular formula is C13H17ClN2O3. The predicted octanol–water partition coefficient (Wildman–Crippen LogP) is 2.24. The SMILES string of the molecule is CCn1cc(Cl)cc1C(=O)N1CCCC1(C)C(=O)O. The molecule has 2 heterocycles. The van der Waals surface area contributed by atoms with Crippen molar-refractivity contribution in [2.75, 3.05) is 6.54 Å². The van der Waals surface area contributed by atoms with E-state index < -0.39 is 11.5 Å². The second kappa shape index (κ2) is 4.89. The third-order valence-electron chi connectivity index (χ3n) is 3.77. The van der Waals surface area contributed by atoms with Gasteiger partial charge in [-0.25, -0.2) is 4.79 Å². The minimum atomic E-state index is -1.12. The Hall–Kier alpha value is -1.49. The third-order valence-corrected chi connectivity index (χ3v) is 3.98. The van der Waals surface area contributed by atoms with E-state index in [9.17, 15) is 14.7 Å². The van der Waals surface area contributed by atoms with E-state index >= 15 is 0 Å². The predicted molar refractivity (Wildman–Crippen MR) is 71.4 cm³/mol. The van der Waals surface area contributed by atoms with Crippen LogP contribution in [0.2, 0.25) is 5.02 Å². The average molecular weight is 285 g/mol. The molecule has 104 valence electrons. The molecule has 19 heavy (non-hydrogen) atoms. The van der Waals surface area contributed by atoms with Gasteiger partial charge in [-0.1, -0.05) is 11.6 Å². The zero-order valence-electron chi connectivity index (χ0n) is 11.0. The van der Waals surface area contributed by atoms with E-state index in [4.69, 9.17) is 11.6 Å². The van der Waals surface area contributed by atoms with Crippen LogP contribution in [0.3, 0.4) is 0 Å². The molecular weight excluding hydrogens is 268 g/mol. The van der Waals surface area contributed by atoms with Crippen molar-refractivity contribution in [3.05, 3.63) is 23.0 Å². The average Bonchev–Trinajstić information content (AvgIpc) is 2.92. The smallest absolute Gasteiger partial charge is 0.329 e. The Morgan fingerprint density at radius 3 is 2.79 bits per heavy atom. The van der Waals surface area contributed by atoms with E-state index in [-0.39, 0.29) is 5.91 Å². The van der Waals surface area contributed by atoms with Gasteiger partial charge in [-0.3, -0.25) is 4.79 Å². The largest absolute Gasteiger partial charge is 0.480 e. The van der Waals surface area contributed by atoms with Crippen LogP contribution in [0.15, 0.2) is 12.3 Å². The molecule has 1 aromatic rings. The van der Waals surface area contributed by atoms with Gasteiger partial charge in [0.1, 0.15) is 11.2 Å². The van der Waals surface area contributed by atoms with Crippen LogP contribution >= 0.6 is 11.6 Å². The highest BCUT2D eigenvalue weighted by Gasteiger charge is 2.46. The molecule has 1 N–H and O–H groups in total. The van der Waals surface area contributed by atoms with Crippen molar-refractivity contribution in [2.45, 2.75) is 38.8 Å². The first-order chi connectivity index (χ1) is 8.90. The van der Waals surface area contributed by atoms with Gasteiger partial charge in [-0.2, -0.15) is 0 Å². The van der Waals surface area contributed by atoms with Gasteiger partial charge in [0.05, 0.1) is 5.02 Å². The first-order valence-corrected chi connectivity index (χ1v) is 6.69. The van der Waals surface area contributed by atoms with Gasteiger partial charge in [-0.15, -0.1) is 0 Å². The van der Waals surface area contributed by atoms with Crippen molar-refractivity contribution in [3.8, 4) is 0 Å². The lowest BCUT2D eigenvalue weighted by Crippen LogP contribution is -2.51. The molecule has 1 saturated heterocycles. The molecule has 1 aliphatic rings. The molecule has 1 atom stereocenters. The zero-order chi connectivity index (χ0) is 14.2. The lowest BCUT2D eigenvalue weighted by Gasteiger charge is -2.31. The number of aromatic nitrogens is 1. The monoisotopic (exact) mass is 284 g/mol. The molecule has 6 heteroatoms. The Morgan fingerprint density at radius 1 is 1.53 bits per heavy atom. The molecule has 0 spiro atoms. The highest BCUT2D eigenvalue weighted by atomic mass is 35.5. The number of hydrogen-bond acceptors (Lipinski definition) is 2. The second-order valence-corrected chi connectivity index (χ2v) is 5.41. The topological polar surface area (TPSA) is 62.5 Å². The highest BCUT2D eigenvalue weighted by Crippen LogP contribution is 2.31. The maximum atomic E-state index is 12.5. The third kappa shape index (κ3) is 2.23. The molecule has 1 amide bonds. The minimum absolute atomic E-state index is 0.267. The number of carbonyl (C=O) groups is 2. The molecule has 0 aliphatic carbocycles. The van der Waals surface area contributed by atoms with E-state index in [0.29, 0.717) is 36.6 Å². The van der Waals surface area contributed by atoms with Crippen molar-refractivity contribution in [1.82, 2.24) is 9.47 Å². The van der Waals surface area contributed by atoms with Gasteiger partial charge in [0.15, 0.2) is 0 Å². The number of carbonyl (C=O) groups excluding carboxylic acids is 1.